The molecule has 2 heteroatoms. The van der Waals surface area contributed by atoms with Gasteiger partial charge in [-0.3, -0.25) is 0 Å². The lowest BCUT2D eigenvalue weighted by atomic mass is 9.91. The van der Waals surface area contributed by atoms with Crippen LogP contribution in [-0.4, -0.2) is 4.83 Å². The van der Waals surface area contributed by atoms with E-state index in [1.54, 1.807) is 13.0 Å². The minimum atomic E-state index is -0.109. The van der Waals surface area contributed by atoms with E-state index in [4.69, 9.17) is 0 Å². The number of halogens is 2. The molecule has 0 aliphatic carbocycles. The molecule has 0 bridgehead atoms. The standard InChI is InChI=1S/C13H18BrF/c1-8(2)13(14)10(4)11-6-5-9(3)12(15)7-11/h5-8,10,13H,1-4H3. The van der Waals surface area contributed by atoms with Crippen LogP contribution in [0.2, 0.25) is 0 Å². The topological polar surface area (TPSA) is 0 Å². The molecule has 2 atom stereocenters. The van der Waals surface area contributed by atoms with Crippen molar-refractivity contribution in [1.29, 1.82) is 0 Å². The number of rotatable bonds is 3. The molecule has 1 aromatic carbocycles. The number of aryl methyl sites for hydroxylation is 1. The molecule has 0 aliphatic rings. The number of alkyl halides is 1. The van der Waals surface area contributed by atoms with E-state index in [1.165, 1.54) is 0 Å². The Bertz CT molecular complexity index is 333. The molecule has 0 amide bonds. The predicted molar refractivity (Wildman–Crippen MR) is 67.1 cm³/mol. The van der Waals surface area contributed by atoms with E-state index < -0.39 is 0 Å². The monoisotopic (exact) mass is 272 g/mol. The molecule has 0 aromatic heterocycles. The molecule has 0 nitrogen and oxygen atoms in total. The molecule has 1 aromatic rings. The summed E-state index contributed by atoms with van der Waals surface area (Å²) in [5.41, 5.74) is 1.77. The SMILES string of the molecule is Cc1ccc(C(C)C(Br)C(C)C)cc1F. The van der Waals surface area contributed by atoms with Gasteiger partial charge in [-0.2, -0.15) is 0 Å². The van der Waals surface area contributed by atoms with E-state index in [0.29, 0.717) is 22.2 Å². The molecule has 15 heavy (non-hydrogen) atoms. The summed E-state index contributed by atoms with van der Waals surface area (Å²) in [5.74, 6) is 0.771. The van der Waals surface area contributed by atoms with Crippen LogP contribution in [0, 0.1) is 18.7 Å². The van der Waals surface area contributed by atoms with E-state index in [9.17, 15) is 4.39 Å². The van der Waals surface area contributed by atoms with Crippen LogP contribution < -0.4 is 0 Å². The molecule has 0 aliphatic heterocycles. The molecule has 1 rings (SSSR count). The van der Waals surface area contributed by atoms with Crippen molar-refractivity contribution in [2.24, 2.45) is 5.92 Å². The summed E-state index contributed by atoms with van der Waals surface area (Å²) >= 11 is 3.66. The van der Waals surface area contributed by atoms with Crippen molar-refractivity contribution < 1.29 is 4.39 Å². The first-order chi connectivity index (χ1) is 6.93. The van der Waals surface area contributed by atoms with Crippen LogP contribution in [0.3, 0.4) is 0 Å². The summed E-state index contributed by atoms with van der Waals surface area (Å²) in [7, 11) is 0. The Balaban J connectivity index is 2.91. The maximum absolute atomic E-state index is 13.4. The molecule has 2 unspecified atom stereocenters. The van der Waals surface area contributed by atoms with Gasteiger partial charge in [0.05, 0.1) is 0 Å². The Morgan fingerprint density at radius 1 is 1.20 bits per heavy atom. The highest BCUT2D eigenvalue weighted by Gasteiger charge is 2.19. The zero-order valence-corrected chi connectivity index (χ0v) is 11.3. The number of hydrogen-bond acceptors (Lipinski definition) is 0. The van der Waals surface area contributed by atoms with Gasteiger partial charge in [0.2, 0.25) is 0 Å². The first kappa shape index (κ1) is 12.7. The molecule has 0 N–H and O–H groups in total. The molecule has 84 valence electrons. The first-order valence-corrected chi connectivity index (χ1v) is 6.25. The van der Waals surface area contributed by atoms with Gasteiger partial charge in [0, 0.05) is 4.83 Å². The van der Waals surface area contributed by atoms with Gasteiger partial charge in [-0.15, -0.1) is 0 Å². The molecular weight excluding hydrogens is 255 g/mol. The van der Waals surface area contributed by atoms with Gasteiger partial charge >= 0.3 is 0 Å². The minimum Gasteiger partial charge on any atom is -0.207 e. The fourth-order valence-electron chi connectivity index (χ4n) is 1.65. The summed E-state index contributed by atoms with van der Waals surface area (Å²) in [5, 5.41) is 0. The van der Waals surface area contributed by atoms with E-state index in [2.05, 4.69) is 36.7 Å². The average Bonchev–Trinajstić information content (AvgIpc) is 2.19. The summed E-state index contributed by atoms with van der Waals surface area (Å²) in [6.07, 6.45) is 0. The maximum Gasteiger partial charge on any atom is 0.126 e. The maximum atomic E-state index is 13.4. The third kappa shape index (κ3) is 3.04. The van der Waals surface area contributed by atoms with Crippen molar-refractivity contribution >= 4 is 15.9 Å². The highest BCUT2D eigenvalue weighted by molar-refractivity contribution is 9.09. The van der Waals surface area contributed by atoms with Crippen molar-refractivity contribution in [2.45, 2.75) is 38.4 Å². The van der Waals surface area contributed by atoms with Gasteiger partial charge in [0.25, 0.3) is 0 Å². The largest absolute Gasteiger partial charge is 0.207 e. The lowest BCUT2D eigenvalue weighted by Gasteiger charge is -2.22. The molecule has 0 fully saturated rings. The first-order valence-electron chi connectivity index (χ1n) is 5.33. The molecule has 0 heterocycles. The van der Waals surface area contributed by atoms with Crippen molar-refractivity contribution in [3.8, 4) is 0 Å². The molecule has 0 spiro atoms. The van der Waals surface area contributed by atoms with E-state index in [0.717, 1.165) is 5.56 Å². The zero-order valence-electron chi connectivity index (χ0n) is 9.72. The molecule has 0 saturated carbocycles. The van der Waals surface area contributed by atoms with Gasteiger partial charge in [-0.1, -0.05) is 48.8 Å². The second-order valence-electron chi connectivity index (χ2n) is 4.49. The van der Waals surface area contributed by atoms with Crippen LogP contribution in [0.1, 0.15) is 37.8 Å². The molecule has 0 radical (unpaired) electrons. The Morgan fingerprint density at radius 3 is 2.27 bits per heavy atom. The molecular formula is C13H18BrF. The minimum absolute atomic E-state index is 0.109. The van der Waals surface area contributed by atoms with Crippen molar-refractivity contribution in [2.75, 3.05) is 0 Å². The predicted octanol–water partition coefficient (Wildman–Crippen LogP) is 4.66. The highest BCUT2D eigenvalue weighted by Crippen LogP contribution is 2.30. The summed E-state index contributed by atoms with van der Waals surface area (Å²) < 4.78 is 13.4. The third-order valence-electron chi connectivity index (χ3n) is 2.84. The van der Waals surface area contributed by atoms with Crippen molar-refractivity contribution in [3.05, 3.63) is 35.1 Å². The summed E-state index contributed by atoms with van der Waals surface area (Å²) in [4.78, 5) is 0.389. The van der Waals surface area contributed by atoms with Gasteiger partial charge in [-0.05, 0) is 36.0 Å². The lowest BCUT2D eigenvalue weighted by Crippen LogP contribution is -2.15. The Labute approximate surface area is 100 Å². The third-order valence-corrected chi connectivity index (χ3v) is 4.69. The Kier molecular flexibility index (Phi) is 4.32. The van der Waals surface area contributed by atoms with E-state index >= 15 is 0 Å². The van der Waals surface area contributed by atoms with Crippen molar-refractivity contribution in [3.63, 3.8) is 0 Å². The fourth-order valence-corrected chi connectivity index (χ4v) is 1.96. The van der Waals surface area contributed by atoms with Gasteiger partial charge in [0.15, 0.2) is 0 Å². The van der Waals surface area contributed by atoms with E-state index in [1.807, 2.05) is 12.1 Å². The van der Waals surface area contributed by atoms with Gasteiger partial charge in [-0.25, -0.2) is 4.39 Å². The van der Waals surface area contributed by atoms with Crippen LogP contribution in [-0.2, 0) is 0 Å². The Hall–Kier alpha value is -0.370. The number of hydrogen-bond donors (Lipinski definition) is 0. The summed E-state index contributed by atoms with van der Waals surface area (Å²) in [6.45, 7) is 8.25. The Morgan fingerprint density at radius 2 is 1.80 bits per heavy atom. The average molecular weight is 273 g/mol. The fraction of sp³-hybridized carbons (Fsp3) is 0.538. The van der Waals surface area contributed by atoms with Crippen LogP contribution in [0.15, 0.2) is 18.2 Å². The van der Waals surface area contributed by atoms with Crippen LogP contribution in [0.4, 0.5) is 4.39 Å². The zero-order chi connectivity index (χ0) is 11.6. The highest BCUT2D eigenvalue weighted by atomic mass is 79.9. The van der Waals surface area contributed by atoms with Gasteiger partial charge in [0.1, 0.15) is 5.82 Å². The van der Waals surface area contributed by atoms with E-state index in [-0.39, 0.29) is 5.82 Å². The van der Waals surface area contributed by atoms with Crippen LogP contribution >= 0.6 is 15.9 Å². The second-order valence-corrected chi connectivity index (χ2v) is 5.54. The smallest absolute Gasteiger partial charge is 0.126 e. The lowest BCUT2D eigenvalue weighted by molar-refractivity contribution is 0.545. The number of benzene rings is 1. The molecule has 0 saturated heterocycles. The van der Waals surface area contributed by atoms with Crippen molar-refractivity contribution in [1.82, 2.24) is 0 Å². The quantitative estimate of drug-likeness (QED) is 0.703. The summed E-state index contributed by atoms with van der Waals surface area (Å²) in [6, 6.07) is 5.51. The normalized spacial score (nSPS) is 15.4. The second kappa shape index (κ2) is 5.11. The van der Waals surface area contributed by atoms with Crippen LogP contribution in [0.25, 0.3) is 0 Å². The van der Waals surface area contributed by atoms with Crippen LogP contribution in [0.5, 0.6) is 0 Å². The van der Waals surface area contributed by atoms with Gasteiger partial charge < -0.3 is 0 Å².